The lowest BCUT2D eigenvalue weighted by atomic mass is 10.1. The van der Waals surface area contributed by atoms with Gasteiger partial charge in [0, 0.05) is 91.6 Å². The van der Waals surface area contributed by atoms with Crippen molar-refractivity contribution in [2.75, 3.05) is 52.4 Å². The highest BCUT2D eigenvalue weighted by Crippen LogP contribution is 2.13. The summed E-state index contributed by atoms with van der Waals surface area (Å²) in [5, 5.41) is 3.70. The van der Waals surface area contributed by atoms with E-state index in [0.29, 0.717) is 0 Å². The van der Waals surface area contributed by atoms with E-state index in [-0.39, 0.29) is 0 Å². The van der Waals surface area contributed by atoms with Gasteiger partial charge in [-0.25, -0.2) is 0 Å². The molecule has 0 aromatic heterocycles. The SMILES string of the molecule is c1ccc(CNCCN(CCN(CCN(CCN(Cc2ccccc2)Cc2ccccc2)Cc2ccccc2)Cc2ccccc2)Cc2ccccc2)cc1. The zero-order valence-corrected chi connectivity index (χ0v) is 32.5. The van der Waals surface area contributed by atoms with Crippen molar-refractivity contribution in [2.24, 2.45) is 0 Å². The first-order valence-electron chi connectivity index (χ1n) is 20.1. The molecule has 0 aliphatic heterocycles. The van der Waals surface area contributed by atoms with Crippen LogP contribution in [0.4, 0.5) is 0 Å². The van der Waals surface area contributed by atoms with Crippen LogP contribution in [0.1, 0.15) is 33.4 Å². The maximum absolute atomic E-state index is 3.70. The quantitative estimate of drug-likeness (QED) is 0.0628. The lowest BCUT2D eigenvalue weighted by Crippen LogP contribution is -2.42. The summed E-state index contributed by atoms with van der Waals surface area (Å²) in [6.45, 7) is 13.6. The van der Waals surface area contributed by atoms with E-state index in [1.165, 1.54) is 33.4 Å². The minimum absolute atomic E-state index is 0.894. The first kappa shape index (κ1) is 39.8. The smallest absolute Gasteiger partial charge is 0.0237 e. The van der Waals surface area contributed by atoms with E-state index in [1.807, 2.05) is 0 Å². The van der Waals surface area contributed by atoms with E-state index < -0.39 is 0 Å². The molecule has 0 fully saturated rings. The third kappa shape index (κ3) is 15.1. The van der Waals surface area contributed by atoms with Gasteiger partial charge in [-0.05, 0) is 33.4 Å². The normalized spacial score (nSPS) is 11.6. The van der Waals surface area contributed by atoms with Gasteiger partial charge in [-0.3, -0.25) is 19.6 Å². The molecule has 284 valence electrons. The van der Waals surface area contributed by atoms with E-state index in [1.54, 1.807) is 0 Å². The maximum atomic E-state index is 3.70. The van der Waals surface area contributed by atoms with Crippen LogP contribution in [0.15, 0.2) is 182 Å². The molecule has 5 nitrogen and oxygen atoms in total. The third-order valence-electron chi connectivity index (χ3n) is 10.2. The Labute approximate surface area is 330 Å². The van der Waals surface area contributed by atoms with Gasteiger partial charge in [0.2, 0.25) is 0 Å². The fraction of sp³-hybridized carbons (Fsp3) is 0.280. The molecule has 55 heavy (non-hydrogen) atoms. The second-order valence-corrected chi connectivity index (χ2v) is 14.6. The van der Waals surface area contributed by atoms with E-state index >= 15 is 0 Å². The van der Waals surface area contributed by atoms with Crippen LogP contribution in [0, 0.1) is 0 Å². The van der Waals surface area contributed by atoms with Crippen molar-refractivity contribution in [1.82, 2.24) is 24.9 Å². The Balaban J connectivity index is 1.13. The van der Waals surface area contributed by atoms with Crippen molar-refractivity contribution in [2.45, 2.75) is 39.3 Å². The Kier molecular flexibility index (Phi) is 16.7. The first-order valence-corrected chi connectivity index (χ1v) is 20.1. The van der Waals surface area contributed by atoms with Gasteiger partial charge in [-0.2, -0.15) is 0 Å². The minimum atomic E-state index is 0.894. The van der Waals surface area contributed by atoms with Gasteiger partial charge in [-0.1, -0.05) is 182 Å². The maximum Gasteiger partial charge on any atom is 0.0237 e. The second kappa shape index (κ2) is 23.1. The zero-order chi connectivity index (χ0) is 37.6. The zero-order valence-electron chi connectivity index (χ0n) is 32.5. The standard InChI is InChI=1S/C50H59N5/c1-7-19-45(20-8-1)39-51-31-32-52(40-46-21-9-2-10-22-46)33-34-53(41-47-23-11-3-12-24-47)35-36-54(42-48-25-13-4-14-26-48)37-38-55(43-49-27-15-5-16-28-49)44-50-29-17-6-18-30-50/h1-30,51H,31-44H2. The summed E-state index contributed by atoms with van der Waals surface area (Å²) in [5.41, 5.74) is 8.15. The molecule has 0 radical (unpaired) electrons. The summed E-state index contributed by atoms with van der Waals surface area (Å²) in [6, 6.07) is 65.5. The van der Waals surface area contributed by atoms with Crippen molar-refractivity contribution in [3.8, 4) is 0 Å². The molecule has 0 aliphatic rings. The predicted molar refractivity (Wildman–Crippen MR) is 230 cm³/mol. The van der Waals surface area contributed by atoms with Crippen LogP contribution in [-0.2, 0) is 39.3 Å². The van der Waals surface area contributed by atoms with E-state index in [9.17, 15) is 0 Å². The van der Waals surface area contributed by atoms with Crippen molar-refractivity contribution in [3.05, 3.63) is 215 Å². The fourth-order valence-electron chi connectivity index (χ4n) is 7.15. The van der Waals surface area contributed by atoms with Crippen LogP contribution in [0.5, 0.6) is 0 Å². The number of hydrogen-bond donors (Lipinski definition) is 1. The Hall–Kier alpha value is -4.88. The Morgan fingerprint density at radius 3 is 0.800 bits per heavy atom. The van der Waals surface area contributed by atoms with E-state index in [0.717, 1.165) is 91.6 Å². The van der Waals surface area contributed by atoms with Crippen molar-refractivity contribution in [3.63, 3.8) is 0 Å². The fourth-order valence-corrected chi connectivity index (χ4v) is 7.15. The molecule has 0 bridgehead atoms. The minimum Gasteiger partial charge on any atom is -0.311 e. The van der Waals surface area contributed by atoms with Crippen LogP contribution in [0.3, 0.4) is 0 Å². The second-order valence-electron chi connectivity index (χ2n) is 14.6. The number of rotatable bonds is 24. The highest BCUT2D eigenvalue weighted by atomic mass is 15.2. The van der Waals surface area contributed by atoms with Gasteiger partial charge in [0.15, 0.2) is 0 Å². The molecule has 0 amide bonds. The van der Waals surface area contributed by atoms with Crippen LogP contribution >= 0.6 is 0 Å². The van der Waals surface area contributed by atoms with Crippen molar-refractivity contribution < 1.29 is 0 Å². The Morgan fingerprint density at radius 1 is 0.255 bits per heavy atom. The summed E-state index contributed by atoms with van der Waals surface area (Å²) in [7, 11) is 0. The van der Waals surface area contributed by atoms with E-state index in [4.69, 9.17) is 0 Å². The molecule has 0 spiro atoms. The first-order chi connectivity index (χ1) is 27.2. The highest BCUT2D eigenvalue weighted by molar-refractivity contribution is 5.19. The van der Waals surface area contributed by atoms with Gasteiger partial charge < -0.3 is 5.32 Å². The molecule has 6 aromatic rings. The number of benzene rings is 6. The monoisotopic (exact) mass is 729 g/mol. The molecular weight excluding hydrogens is 671 g/mol. The number of nitrogens with one attached hydrogen (secondary N) is 1. The Bertz CT molecular complexity index is 1800. The van der Waals surface area contributed by atoms with Crippen LogP contribution < -0.4 is 5.32 Å². The molecule has 0 saturated carbocycles. The molecule has 5 heteroatoms. The number of hydrogen-bond acceptors (Lipinski definition) is 5. The molecule has 0 aliphatic carbocycles. The van der Waals surface area contributed by atoms with Gasteiger partial charge >= 0.3 is 0 Å². The summed E-state index contributed by atoms with van der Waals surface area (Å²) in [6.07, 6.45) is 0. The molecule has 6 rings (SSSR count). The van der Waals surface area contributed by atoms with E-state index in [2.05, 4.69) is 207 Å². The van der Waals surface area contributed by atoms with Gasteiger partial charge in [0.1, 0.15) is 0 Å². The van der Waals surface area contributed by atoms with Gasteiger partial charge in [0.25, 0.3) is 0 Å². The van der Waals surface area contributed by atoms with Crippen LogP contribution in [0.2, 0.25) is 0 Å². The summed E-state index contributed by atoms with van der Waals surface area (Å²) in [4.78, 5) is 10.6. The molecular formula is C50H59N5. The highest BCUT2D eigenvalue weighted by Gasteiger charge is 2.16. The molecule has 0 unspecified atom stereocenters. The Morgan fingerprint density at radius 2 is 0.491 bits per heavy atom. The summed E-state index contributed by atoms with van der Waals surface area (Å²) >= 11 is 0. The van der Waals surface area contributed by atoms with Crippen molar-refractivity contribution >= 4 is 0 Å². The van der Waals surface area contributed by atoms with Gasteiger partial charge in [0.05, 0.1) is 0 Å². The largest absolute Gasteiger partial charge is 0.311 e. The molecule has 6 aromatic carbocycles. The lowest BCUT2D eigenvalue weighted by Gasteiger charge is -2.32. The summed E-state index contributed by atoms with van der Waals surface area (Å²) < 4.78 is 0. The topological polar surface area (TPSA) is 25.0 Å². The van der Waals surface area contributed by atoms with Gasteiger partial charge in [-0.15, -0.1) is 0 Å². The van der Waals surface area contributed by atoms with Crippen molar-refractivity contribution in [1.29, 1.82) is 0 Å². The van der Waals surface area contributed by atoms with Crippen LogP contribution in [-0.4, -0.2) is 72.0 Å². The molecule has 0 atom stereocenters. The van der Waals surface area contributed by atoms with Crippen LogP contribution in [0.25, 0.3) is 0 Å². The molecule has 1 N–H and O–H groups in total. The third-order valence-corrected chi connectivity index (χ3v) is 10.2. The predicted octanol–water partition coefficient (Wildman–Crippen LogP) is 8.99. The average molecular weight is 730 g/mol. The molecule has 0 heterocycles. The summed E-state index contributed by atoms with van der Waals surface area (Å²) in [5.74, 6) is 0. The lowest BCUT2D eigenvalue weighted by molar-refractivity contribution is 0.148. The number of nitrogens with zero attached hydrogens (tertiary/aromatic N) is 4. The molecule has 0 saturated heterocycles. The average Bonchev–Trinajstić information content (AvgIpc) is 3.24.